The summed E-state index contributed by atoms with van der Waals surface area (Å²) < 4.78 is 0. The van der Waals surface area contributed by atoms with Crippen molar-refractivity contribution >= 4 is 29.0 Å². The van der Waals surface area contributed by atoms with Crippen LogP contribution < -0.4 is 10.4 Å². The molecule has 0 radical (unpaired) electrons. The van der Waals surface area contributed by atoms with Crippen LogP contribution in [-0.2, 0) is 6.42 Å². The summed E-state index contributed by atoms with van der Waals surface area (Å²) in [7, 11) is 0. The van der Waals surface area contributed by atoms with E-state index in [9.17, 15) is 5.11 Å². The molecule has 2 aromatic rings. The van der Waals surface area contributed by atoms with Gasteiger partial charge in [-0.3, -0.25) is 0 Å². The SMILES string of the molecule is OC1=CCc2c(ccc3c4c(ccc23)=CC=C4)=C1. The number of benzene rings is 2. The monoisotopic (exact) mass is 232 g/mol. The van der Waals surface area contributed by atoms with Crippen molar-refractivity contribution in [3.8, 4) is 0 Å². The summed E-state index contributed by atoms with van der Waals surface area (Å²) in [6, 6.07) is 8.63. The lowest BCUT2D eigenvalue weighted by molar-refractivity contribution is 0.438. The predicted octanol–water partition coefficient (Wildman–Crippen LogP) is 2.43. The summed E-state index contributed by atoms with van der Waals surface area (Å²) in [6.45, 7) is 0. The van der Waals surface area contributed by atoms with Gasteiger partial charge in [0.15, 0.2) is 0 Å². The van der Waals surface area contributed by atoms with Crippen molar-refractivity contribution in [1.82, 2.24) is 0 Å². The zero-order valence-corrected chi connectivity index (χ0v) is 9.85. The second-order valence-electron chi connectivity index (χ2n) is 4.80. The number of hydrogen-bond acceptors (Lipinski definition) is 1. The first-order valence-corrected chi connectivity index (χ1v) is 6.17. The van der Waals surface area contributed by atoms with E-state index in [1.165, 1.54) is 27.1 Å². The van der Waals surface area contributed by atoms with Crippen LogP contribution in [0.4, 0.5) is 0 Å². The predicted molar refractivity (Wildman–Crippen MR) is 75.6 cm³/mol. The molecule has 18 heavy (non-hydrogen) atoms. The fourth-order valence-corrected chi connectivity index (χ4v) is 2.89. The molecule has 0 spiro atoms. The third-order valence-corrected chi connectivity index (χ3v) is 3.78. The molecule has 0 aliphatic heterocycles. The van der Waals surface area contributed by atoms with Gasteiger partial charge in [-0.05, 0) is 50.9 Å². The average Bonchev–Trinajstić information content (AvgIpc) is 2.86. The first-order chi connectivity index (χ1) is 8.83. The van der Waals surface area contributed by atoms with E-state index in [0.29, 0.717) is 5.76 Å². The van der Waals surface area contributed by atoms with Crippen LogP contribution >= 0.6 is 0 Å². The van der Waals surface area contributed by atoms with E-state index in [1.54, 1.807) is 0 Å². The van der Waals surface area contributed by atoms with Crippen LogP contribution in [0.1, 0.15) is 11.1 Å². The first-order valence-electron chi connectivity index (χ1n) is 6.17. The lowest BCUT2D eigenvalue weighted by Crippen LogP contribution is -2.14. The Balaban J connectivity index is 2.17. The maximum atomic E-state index is 9.57. The molecular formula is C17H12O. The molecule has 0 aromatic heterocycles. The largest absolute Gasteiger partial charge is 0.508 e. The molecule has 1 heteroatoms. The molecule has 0 fully saturated rings. The number of rotatable bonds is 0. The summed E-state index contributed by atoms with van der Waals surface area (Å²) in [5, 5.41) is 14.6. The molecule has 1 nitrogen and oxygen atoms in total. The van der Waals surface area contributed by atoms with E-state index in [0.717, 1.165) is 11.6 Å². The smallest absolute Gasteiger partial charge is 0.112 e. The van der Waals surface area contributed by atoms with Gasteiger partial charge in [-0.2, -0.15) is 0 Å². The minimum absolute atomic E-state index is 0.372. The number of fused-ring (bicyclic) bond motifs is 5. The standard InChI is InChI=1S/C17H12O/c18-13-6-9-15-12(10-13)5-8-16-14-3-1-2-11(14)4-7-17(15)16/h1-8,10,18H,9H2. The van der Waals surface area contributed by atoms with E-state index in [-0.39, 0.29) is 0 Å². The minimum Gasteiger partial charge on any atom is -0.508 e. The summed E-state index contributed by atoms with van der Waals surface area (Å²) in [6.07, 6.45) is 10.9. The Hall–Kier alpha value is -2.28. The molecule has 2 aliphatic carbocycles. The van der Waals surface area contributed by atoms with Gasteiger partial charge in [0.05, 0.1) is 0 Å². The normalized spacial score (nSPS) is 15.7. The highest BCUT2D eigenvalue weighted by molar-refractivity contribution is 5.95. The number of aliphatic hydroxyl groups excluding tert-OH is 1. The van der Waals surface area contributed by atoms with E-state index in [4.69, 9.17) is 0 Å². The Labute approximate surface area is 105 Å². The molecule has 0 heterocycles. The highest BCUT2D eigenvalue weighted by atomic mass is 16.3. The Morgan fingerprint density at radius 2 is 1.78 bits per heavy atom. The highest BCUT2D eigenvalue weighted by Gasteiger charge is 2.10. The molecule has 0 atom stereocenters. The molecule has 0 amide bonds. The van der Waals surface area contributed by atoms with Crippen LogP contribution in [0.3, 0.4) is 0 Å². The Bertz CT molecular complexity index is 851. The van der Waals surface area contributed by atoms with Gasteiger partial charge in [0.1, 0.15) is 5.76 Å². The van der Waals surface area contributed by atoms with Crippen molar-refractivity contribution in [3.05, 3.63) is 63.7 Å². The van der Waals surface area contributed by atoms with Crippen molar-refractivity contribution in [2.75, 3.05) is 0 Å². The molecule has 0 saturated carbocycles. The van der Waals surface area contributed by atoms with Crippen LogP contribution in [0.5, 0.6) is 0 Å². The molecule has 2 aromatic carbocycles. The average molecular weight is 232 g/mol. The quantitative estimate of drug-likeness (QED) is 0.739. The lowest BCUT2D eigenvalue weighted by atomic mass is 9.94. The first kappa shape index (κ1) is 9.72. The van der Waals surface area contributed by atoms with Gasteiger partial charge in [0, 0.05) is 0 Å². The Morgan fingerprint density at radius 3 is 2.72 bits per heavy atom. The van der Waals surface area contributed by atoms with Gasteiger partial charge in [-0.15, -0.1) is 0 Å². The maximum Gasteiger partial charge on any atom is 0.112 e. The van der Waals surface area contributed by atoms with Crippen molar-refractivity contribution in [2.24, 2.45) is 0 Å². The Kier molecular flexibility index (Phi) is 1.81. The van der Waals surface area contributed by atoms with Gasteiger partial charge in [0.2, 0.25) is 0 Å². The van der Waals surface area contributed by atoms with Crippen molar-refractivity contribution < 1.29 is 5.11 Å². The Morgan fingerprint density at radius 1 is 0.944 bits per heavy atom. The van der Waals surface area contributed by atoms with Crippen LogP contribution in [0, 0.1) is 0 Å². The molecule has 4 rings (SSSR count). The zero-order chi connectivity index (χ0) is 12.1. The van der Waals surface area contributed by atoms with Gasteiger partial charge < -0.3 is 5.11 Å². The highest BCUT2D eigenvalue weighted by Crippen LogP contribution is 2.22. The molecule has 2 aliphatic rings. The topological polar surface area (TPSA) is 20.2 Å². The lowest BCUT2D eigenvalue weighted by Gasteiger charge is -2.11. The van der Waals surface area contributed by atoms with Crippen molar-refractivity contribution in [2.45, 2.75) is 6.42 Å². The van der Waals surface area contributed by atoms with Crippen LogP contribution in [0.2, 0.25) is 0 Å². The second kappa shape index (κ2) is 3.36. The number of hydrogen-bond donors (Lipinski definition) is 1. The van der Waals surface area contributed by atoms with Gasteiger partial charge in [-0.25, -0.2) is 0 Å². The minimum atomic E-state index is 0.372. The van der Waals surface area contributed by atoms with Crippen molar-refractivity contribution in [1.29, 1.82) is 0 Å². The molecule has 1 N–H and O–H groups in total. The third kappa shape index (κ3) is 1.22. The number of aliphatic hydroxyl groups is 1. The molecular weight excluding hydrogens is 220 g/mol. The summed E-state index contributed by atoms with van der Waals surface area (Å²) in [4.78, 5) is 0. The van der Waals surface area contributed by atoms with Crippen LogP contribution in [0.15, 0.2) is 42.2 Å². The molecule has 0 unspecified atom stereocenters. The van der Waals surface area contributed by atoms with E-state index >= 15 is 0 Å². The fourth-order valence-electron chi connectivity index (χ4n) is 2.89. The van der Waals surface area contributed by atoms with E-state index < -0.39 is 0 Å². The van der Waals surface area contributed by atoms with E-state index in [1.807, 2.05) is 12.2 Å². The van der Waals surface area contributed by atoms with Crippen LogP contribution in [0.25, 0.3) is 29.0 Å². The third-order valence-electron chi connectivity index (χ3n) is 3.78. The second-order valence-corrected chi connectivity index (χ2v) is 4.80. The van der Waals surface area contributed by atoms with E-state index in [2.05, 4.69) is 42.5 Å². The summed E-state index contributed by atoms with van der Waals surface area (Å²) >= 11 is 0. The molecule has 0 saturated heterocycles. The van der Waals surface area contributed by atoms with Gasteiger partial charge >= 0.3 is 0 Å². The molecule has 86 valence electrons. The van der Waals surface area contributed by atoms with Gasteiger partial charge in [-0.1, -0.05) is 42.5 Å². The maximum absolute atomic E-state index is 9.57. The van der Waals surface area contributed by atoms with Crippen LogP contribution in [-0.4, -0.2) is 5.11 Å². The fraction of sp³-hybridized carbons (Fsp3) is 0.0588. The number of allylic oxidation sites excluding steroid dienone is 3. The van der Waals surface area contributed by atoms with Gasteiger partial charge in [0.25, 0.3) is 0 Å². The zero-order valence-electron chi connectivity index (χ0n) is 9.85. The molecule has 0 bridgehead atoms. The summed E-state index contributed by atoms with van der Waals surface area (Å²) in [5.74, 6) is 0.372. The summed E-state index contributed by atoms with van der Waals surface area (Å²) in [5.41, 5.74) is 2.63. The van der Waals surface area contributed by atoms with Crippen molar-refractivity contribution in [3.63, 3.8) is 0 Å².